The molecule has 0 bridgehead atoms. The first kappa shape index (κ1) is 14.5. The van der Waals surface area contributed by atoms with Gasteiger partial charge in [-0.15, -0.1) is 0 Å². The van der Waals surface area contributed by atoms with Gasteiger partial charge < -0.3 is 9.47 Å². The minimum absolute atomic E-state index is 0.0706. The molecule has 1 atom stereocenters. The fourth-order valence-corrected chi connectivity index (χ4v) is 2.88. The van der Waals surface area contributed by atoms with Crippen molar-refractivity contribution >= 4 is 0 Å². The number of nitrogens with zero attached hydrogens (tertiary/aromatic N) is 2. The SMILES string of the molecule is CCOC1(C(NN)c2ccnn2CC)CCOCC1. The van der Waals surface area contributed by atoms with Crippen molar-refractivity contribution in [1.29, 1.82) is 0 Å². The van der Waals surface area contributed by atoms with E-state index in [0.717, 1.165) is 25.1 Å². The van der Waals surface area contributed by atoms with Gasteiger partial charge >= 0.3 is 0 Å². The zero-order valence-electron chi connectivity index (χ0n) is 11.8. The molecule has 2 heterocycles. The minimum Gasteiger partial charge on any atom is -0.381 e. The average Bonchev–Trinajstić information content (AvgIpc) is 2.89. The van der Waals surface area contributed by atoms with Gasteiger partial charge in [-0.25, -0.2) is 5.43 Å². The Morgan fingerprint density at radius 1 is 1.53 bits per heavy atom. The summed E-state index contributed by atoms with van der Waals surface area (Å²) in [6, 6.07) is 1.93. The zero-order chi connectivity index (χ0) is 13.7. The number of nitrogens with two attached hydrogens (primary N) is 1. The maximum Gasteiger partial charge on any atom is 0.0948 e. The van der Waals surface area contributed by atoms with E-state index in [4.69, 9.17) is 15.3 Å². The number of hydrogen-bond acceptors (Lipinski definition) is 5. The number of ether oxygens (including phenoxy) is 2. The lowest BCUT2D eigenvalue weighted by atomic mass is 9.84. The van der Waals surface area contributed by atoms with Gasteiger partial charge in [-0.1, -0.05) is 0 Å². The van der Waals surface area contributed by atoms with Crippen LogP contribution in [0.4, 0.5) is 0 Å². The lowest BCUT2D eigenvalue weighted by molar-refractivity contribution is -0.129. The van der Waals surface area contributed by atoms with Crippen molar-refractivity contribution < 1.29 is 9.47 Å². The van der Waals surface area contributed by atoms with Gasteiger partial charge in [0.2, 0.25) is 0 Å². The molecule has 0 saturated carbocycles. The highest BCUT2D eigenvalue weighted by atomic mass is 16.5. The highest BCUT2D eigenvalue weighted by molar-refractivity contribution is 5.14. The molecule has 0 aromatic carbocycles. The van der Waals surface area contributed by atoms with E-state index in [1.54, 1.807) is 0 Å². The summed E-state index contributed by atoms with van der Waals surface area (Å²) in [5, 5.41) is 4.32. The van der Waals surface area contributed by atoms with Gasteiger partial charge in [-0.05, 0) is 19.9 Å². The molecule has 6 nitrogen and oxygen atoms in total. The molecule has 108 valence electrons. The fraction of sp³-hybridized carbons (Fsp3) is 0.769. The van der Waals surface area contributed by atoms with Crippen molar-refractivity contribution in [1.82, 2.24) is 15.2 Å². The van der Waals surface area contributed by atoms with E-state index in [9.17, 15) is 0 Å². The maximum absolute atomic E-state index is 6.08. The predicted molar refractivity (Wildman–Crippen MR) is 72.4 cm³/mol. The monoisotopic (exact) mass is 268 g/mol. The normalized spacial score (nSPS) is 20.4. The Kier molecular flexibility index (Phi) is 4.93. The van der Waals surface area contributed by atoms with Gasteiger partial charge in [-0.2, -0.15) is 5.10 Å². The van der Waals surface area contributed by atoms with Gasteiger partial charge in [0.05, 0.1) is 17.3 Å². The Morgan fingerprint density at radius 2 is 2.26 bits per heavy atom. The van der Waals surface area contributed by atoms with Crippen LogP contribution in [-0.4, -0.2) is 35.2 Å². The van der Waals surface area contributed by atoms with E-state index in [1.807, 2.05) is 23.9 Å². The average molecular weight is 268 g/mol. The first-order chi connectivity index (χ1) is 9.27. The van der Waals surface area contributed by atoms with Crippen LogP contribution in [-0.2, 0) is 16.0 Å². The predicted octanol–water partition coefficient (Wildman–Crippen LogP) is 0.993. The molecule has 1 aliphatic heterocycles. The molecule has 1 aromatic heterocycles. The zero-order valence-corrected chi connectivity index (χ0v) is 11.8. The lowest BCUT2D eigenvalue weighted by Crippen LogP contribution is -2.52. The van der Waals surface area contributed by atoms with Crippen LogP contribution in [0.15, 0.2) is 12.3 Å². The number of hydrogen-bond donors (Lipinski definition) is 2. The summed E-state index contributed by atoms with van der Waals surface area (Å²) < 4.78 is 13.5. The molecule has 0 spiro atoms. The van der Waals surface area contributed by atoms with Crippen molar-refractivity contribution in [2.75, 3.05) is 19.8 Å². The Hall–Kier alpha value is -0.950. The molecule has 1 aliphatic rings. The largest absolute Gasteiger partial charge is 0.381 e. The van der Waals surface area contributed by atoms with Crippen LogP contribution in [0.3, 0.4) is 0 Å². The van der Waals surface area contributed by atoms with Crippen LogP contribution in [0, 0.1) is 0 Å². The van der Waals surface area contributed by atoms with Crippen molar-refractivity contribution in [3.8, 4) is 0 Å². The fourth-order valence-electron chi connectivity index (χ4n) is 2.88. The Labute approximate surface area is 114 Å². The first-order valence-corrected chi connectivity index (χ1v) is 6.97. The number of rotatable bonds is 6. The summed E-state index contributed by atoms with van der Waals surface area (Å²) in [6.07, 6.45) is 3.48. The summed E-state index contributed by atoms with van der Waals surface area (Å²) in [6.45, 7) is 6.98. The van der Waals surface area contributed by atoms with Crippen LogP contribution in [0.5, 0.6) is 0 Å². The number of hydrazine groups is 1. The summed E-state index contributed by atoms with van der Waals surface area (Å²) in [5.74, 6) is 5.82. The third-order valence-electron chi connectivity index (χ3n) is 3.81. The van der Waals surface area contributed by atoms with Gasteiger partial charge in [0, 0.05) is 45.4 Å². The third-order valence-corrected chi connectivity index (χ3v) is 3.81. The molecule has 0 amide bonds. The second-order valence-electron chi connectivity index (χ2n) is 4.78. The highest BCUT2D eigenvalue weighted by Gasteiger charge is 2.43. The summed E-state index contributed by atoms with van der Waals surface area (Å²) in [4.78, 5) is 0. The summed E-state index contributed by atoms with van der Waals surface area (Å²) in [7, 11) is 0. The second kappa shape index (κ2) is 6.47. The Bertz CT molecular complexity index is 382. The molecule has 1 aromatic rings. The van der Waals surface area contributed by atoms with Gasteiger partial charge in [0.25, 0.3) is 0 Å². The van der Waals surface area contributed by atoms with Gasteiger partial charge in [0.1, 0.15) is 0 Å². The Balaban J connectivity index is 2.31. The molecular formula is C13H24N4O2. The van der Waals surface area contributed by atoms with Crippen molar-refractivity contribution in [2.24, 2.45) is 5.84 Å². The third kappa shape index (κ3) is 2.81. The van der Waals surface area contributed by atoms with Gasteiger partial charge in [-0.3, -0.25) is 10.5 Å². The number of aromatic nitrogens is 2. The van der Waals surface area contributed by atoms with Crippen LogP contribution >= 0.6 is 0 Å². The molecule has 0 radical (unpaired) electrons. The maximum atomic E-state index is 6.08. The second-order valence-corrected chi connectivity index (χ2v) is 4.78. The van der Waals surface area contributed by atoms with Crippen LogP contribution < -0.4 is 11.3 Å². The van der Waals surface area contributed by atoms with E-state index >= 15 is 0 Å². The van der Waals surface area contributed by atoms with E-state index in [0.29, 0.717) is 19.8 Å². The molecule has 0 aliphatic carbocycles. The smallest absolute Gasteiger partial charge is 0.0948 e. The molecular weight excluding hydrogens is 244 g/mol. The van der Waals surface area contributed by atoms with Crippen molar-refractivity contribution in [3.63, 3.8) is 0 Å². The van der Waals surface area contributed by atoms with Crippen LogP contribution in [0.25, 0.3) is 0 Å². The van der Waals surface area contributed by atoms with E-state index in [-0.39, 0.29) is 11.6 Å². The molecule has 1 fully saturated rings. The quantitative estimate of drug-likeness (QED) is 0.594. The summed E-state index contributed by atoms with van der Waals surface area (Å²) in [5.41, 5.74) is 3.69. The molecule has 3 N–H and O–H groups in total. The van der Waals surface area contributed by atoms with Crippen molar-refractivity contribution in [3.05, 3.63) is 18.0 Å². The molecule has 1 unspecified atom stereocenters. The van der Waals surface area contributed by atoms with Crippen molar-refractivity contribution in [2.45, 2.75) is 44.9 Å². The lowest BCUT2D eigenvalue weighted by Gasteiger charge is -2.42. The van der Waals surface area contributed by atoms with Gasteiger partial charge in [0.15, 0.2) is 0 Å². The van der Waals surface area contributed by atoms with E-state index in [2.05, 4.69) is 17.4 Å². The number of aryl methyl sites for hydroxylation is 1. The first-order valence-electron chi connectivity index (χ1n) is 6.97. The molecule has 1 saturated heterocycles. The molecule has 6 heteroatoms. The molecule has 2 rings (SSSR count). The van der Waals surface area contributed by atoms with Crippen LogP contribution in [0.2, 0.25) is 0 Å². The highest BCUT2D eigenvalue weighted by Crippen LogP contribution is 2.37. The minimum atomic E-state index is -0.311. The van der Waals surface area contributed by atoms with Crippen LogP contribution in [0.1, 0.15) is 38.4 Å². The van der Waals surface area contributed by atoms with E-state index in [1.165, 1.54) is 0 Å². The molecule has 19 heavy (non-hydrogen) atoms. The summed E-state index contributed by atoms with van der Waals surface area (Å²) >= 11 is 0. The standard InChI is InChI=1S/C13H24N4O2/c1-3-17-11(5-8-15-17)12(16-14)13(19-4-2)6-9-18-10-7-13/h5,8,12,16H,3-4,6-7,9-10,14H2,1-2H3. The topological polar surface area (TPSA) is 74.3 Å². The number of nitrogens with one attached hydrogen (secondary N) is 1. The van der Waals surface area contributed by atoms with E-state index < -0.39 is 0 Å². The Morgan fingerprint density at radius 3 is 2.84 bits per heavy atom.